The molecule has 0 aliphatic heterocycles. The topological polar surface area (TPSA) is 56.6 Å². The molecule has 6 nitrogen and oxygen atoms in total. The molecule has 0 radical (unpaired) electrons. The number of amides is 1. The first-order chi connectivity index (χ1) is 13.6. The van der Waals surface area contributed by atoms with Crippen molar-refractivity contribution in [3.05, 3.63) is 59.4 Å². The highest BCUT2D eigenvalue weighted by Crippen LogP contribution is 2.28. The second-order valence-corrected chi connectivity index (χ2v) is 7.01. The van der Waals surface area contributed by atoms with Crippen molar-refractivity contribution in [1.29, 1.82) is 0 Å². The summed E-state index contributed by atoms with van der Waals surface area (Å²) in [6.07, 6.45) is 0. The molecule has 28 heavy (non-hydrogen) atoms. The maximum atomic E-state index is 13.3. The third-order valence-electron chi connectivity index (χ3n) is 4.19. The normalized spacial score (nSPS) is 11.0. The van der Waals surface area contributed by atoms with Crippen LogP contribution in [0.2, 0.25) is 0 Å². The lowest BCUT2D eigenvalue weighted by atomic mass is 10.2. The molecule has 0 aliphatic carbocycles. The Morgan fingerprint density at radius 1 is 1.14 bits per heavy atom. The fourth-order valence-corrected chi connectivity index (χ4v) is 3.47. The Hall–Kier alpha value is -2.55. The van der Waals surface area contributed by atoms with E-state index < -0.39 is 0 Å². The van der Waals surface area contributed by atoms with Gasteiger partial charge in [-0.05, 0) is 41.8 Å². The molecule has 0 spiro atoms. The van der Waals surface area contributed by atoms with E-state index in [1.807, 2.05) is 17.5 Å². The highest BCUT2D eigenvalue weighted by Gasteiger charge is 2.22. The minimum Gasteiger partial charge on any atom is -0.383 e. The summed E-state index contributed by atoms with van der Waals surface area (Å²) in [5.41, 5.74) is 1.78. The summed E-state index contributed by atoms with van der Waals surface area (Å²) in [4.78, 5) is 15.7. The Balaban J connectivity index is 1.98. The van der Waals surface area contributed by atoms with E-state index in [9.17, 15) is 9.18 Å². The van der Waals surface area contributed by atoms with Gasteiger partial charge >= 0.3 is 0 Å². The maximum Gasteiger partial charge on any atom is 0.274 e. The average molecular weight is 403 g/mol. The number of carbonyl (C=O) groups is 1. The zero-order valence-electron chi connectivity index (χ0n) is 15.8. The highest BCUT2D eigenvalue weighted by atomic mass is 32.1. The summed E-state index contributed by atoms with van der Waals surface area (Å²) in [7, 11) is 3.19. The van der Waals surface area contributed by atoms with Gasteiger partial charge in [-0.1, -0.05) is 6.07 Å². The number of halogens is 1. The number of rotatable bonds is 9. The van der Waals surface area contributed by atoms with Gasteiger partial charge in [0.2, 0.25) is 0 Å². The van der Waals surface area contributed by atoms with Crippen molar-refractivity contribution in [3.8, 4) is 16.3 Å². The van der Waals surface area contributed by atoms with Crippen molar-refractivity contribution < 1.29 is 18.7 Å². The largest absolute Gasteiger partial charge is 0.383 e. The van der Waals surface area contributed by atoms with Crippen LogP contribution in [0.4, 0.5) is 4.39 Å². The summed E-state index contributed by atoms with van der Waals surface area (Å²) < 4.78 is 25.2. The van der Waals surface area contributed by atoms with Crippen LogP contribution in [0.15, 0.2) is 47.8 Å². The molecule has 0 fully saturated rings. The minimum absolute atomic E-state index is 0.201. The molecule has 0 saturated carbocycles. The number of hydrogen-bond donors (Lipinski definition) is 0. The van der Waals surface area contributed by atoms with Gasteiger partial charge in [-0.15, -0.1) is 11.3 Å². The van der Waals surface area contributed by atoms with Crippen LogP contribution >= 0.6 is 11.3 Å². The van der Waals surface area contributed by atoms with Crippen LogP contribution in [0, 0.1) is 5.82 Å². The molecule has 2 heterocycles. The number of carbonyl (C=O) groups excluding carboxylic acids is 1. The average Bonchev–Trinajstić information content (AvgIpc) is 3.38. The number of aromatic nitrogens is 2. The van der Waals surface area contributed by atoms with Gasteiger partial charge in [0.15, 0.2) is 5.69 Å². The van der Waals surface area contributed by atoms with Crippen molar-refractivity contribution >= 4 is 17.2 Å². The third-order valence-corrected chi connectivity index (χ3v) is 5.08. The number of ether oxygens (including phenoxy) is 2. The van der Waals surface area contributed by atoms with E-state index in [4.69, 9.17) is 9.47 Å². The Kier molecular flexibility index (Phi) is 6.91. The molecule has 1 aromatic carbocycles. The van der Waals surface area contributed by atoms with E-state index in [0.29, 0.717) is 37.7 Å². The maximum absolute atomic E-state index is 13.3. The van der Waals surface area contributed by atoms with Gasteiger partial charge in [-0.25, -0.2) is 9.07 Å². The van der Waals surface area contributed by atoms with E-state index >= 15 is 0 Å². The van der Waals surface area contributed by atoms with Crippen molar-refractivity contribution in [2.75, 3.05) is 40.5 Å². The lowest BCUT2D eigenvalue weighted by Crippen LogP contribution is -2.36. The molecule has 0 aliphatic rings. The molecule has 2 aromatic heterocycles. The predicted octanol–water partition coefficient (Wildman–Crippen LogP) is 3.47. The summed E-state index contributed by atoms with van der Waals surface area (Å²) in [6.45, 7) is 1.73. The van der Waals surface area contributed by atoms with Gasteiger partial charge in [0.1, 0.15) is 5.82 Å². The fourth-order valence-electron chi connectivity index (χ4n) is 2.74. The first-order valence-electron chi connectivity index (χ1n) is 8.81. The SMILES string of the molecule is COCCN(CCOC)C(=O)c1cc(-c2cccs2)n(-c2ccc(F)cc2)n1. The second-order valence-electron chi connectivity index (χ2n) is 6.06. The molecular formula is C20H22FN3O3S. The number of hydrogen-bond acceptors (Lipinski definition) is 5. The Bertz CT molecular complexity index is 886. The minimum atomic E-state index is -0.324. The molecule has 0 saturated heterocycles. The van der Waals surface area contributed by atoms with Gasteiger partial charge < -0.3 is 14.4 Å². The van der Waals surface area contributed by atoms with E-state index in [1.54, 1.807) is 53.3 Å². The zero-order chi connectivity index (χ0) is 19.9. The number of thiophene rings is 1. The van der Waals surface area contributed by atoms with Crippen LogP contribution in [-0.2, 0) is 9.47 Å². The van der Waals surface area contributed by atoms with E-state index in [1.165, 1.54) is 12.1 Å². The summed E-state index contributed by atoms with van der Waals surface area (Å²) in [5, 5.41) is 6.49. The quantitative estimate of drug-likeness (QED) is 0.549. The van der Waals surface area contributed by atoms with Crippen LogP contribution in [0.25, 0.3) is 16.3 Å². The van der Waals surface area contributed by atoms with Crippen LogP contribution in [0.3, 0.4) is 0 Å². The molecule has 148 valence electrons. The fraction of sp³-hybridized carbons (Fsp3) is 0.300. The van der Waals surface area contributed by atoms with Crippen molar-refractivity contribution in [2.45, 2.75) is 0 Å². The molecule has 3 aromatic rings. The number of nitrogens with zero attached hydrogens (tertiary/aromatic N) is 3. The van der Waals surface area contributed by atoms with Gasteiger partial charge in [0.05, 0.1) is 29.5 Å². The summed E-state index contributed by atoms with van der Waals surface area (Å²) in [6, 6.07) is 11.7. The molecule has 3 rings (SSSR count). The Morgan fingerprint density at radius 2 is 1.82 bits per heavy atom. The van der Waals surface area contributed by atoms with Crippen LogP contribution in [-0.4, -0.2) is 61.1 Å². The lowest BCUT2D eigenvalue weighted by Gasteiger charge is -2.20. The van der Waals surface area contributed by atoms with Gasteiger partial charge in [0, 0.05) is 27.3 Å². The standard InChI is InChI=1S/C20H22FN3O3S/c1-26-11-9-23(10-12-27-2)20(25)17-14-18(19-4-3-13-28-19)24(22-17)16-7-5-15(21)6-8-16/h3-8,13-14H,9-12H2,1-2H3. The second kappa shape index (κ2) is 9.59. The molecule has 0 atom stereocenters. The van der Waals surface area contributed by atoms with Crippen LogP contribution < -0.4 is 0 Å². The van der Waals surface area contributed by atoms with Gasteiger partial charge in [0.25, 0.3) is 5.91 Å². The van der Waals surface area contributed by atoms with Crippen molar-refractivity contribution in [1.82, 2.24) is 14.7 Å². The lowest BCUT2D eigenvalue weighted by molar-refractivity contribution is 0.0621. The van der Waals surface area contributed by atoms with E-state index in [0.717, 1.165) is 10.6 Å². The van der Waals surface area contributed by atoms with Crippen molar-refractivity contribution in [3.63, 3.8) is 0 Å². The first-order valence-corrected chi connectivity index (χ1v) is 9.69. The molecule has 0 unspecified atom stereocenters. The molecule has 0 N–H and O–H groups in total. The molecular weight excluding hydrogens is 381 g/mol. The van der Waals surface area contributed by atoms with Crippen LogP contribution in [0.1, 0.15) is 10.5 Å². The van der Waals surface area contributed by atoms with Gasteiger partial charge in [-0.3, -0.25) is 4.79 Å². The zero-order valence-corrected chi connectivity index (χ0v) is 16.6. The monoisotopic (exact) mass is 403 g/mol. The number of benzene rings is 1. The predicted molar refractivity (Wildman–Crippen MR) is 106 cm³/mol. The van der Waals surface area contributed by atoms with E-state index in [2.05, 4.69) is 5.10 Å². The first kappa shape index (κ1) is 20.2. The smallest absolute Gasteiger partial charge is 0.274 e. The van der Waals surface area contributed by atoms with Crippen molar-refractivity contribution in [2.24, 2.45) is 0 Å². The molecule has 1 amide bonds. The van der Waals surface area contributed by atoms with Crippen LogP contribution in [0.5, 0.6) is 0 Å². The number of methoxy groups -OCH3 is 2. The summed E-state index contributed by atoms with van der Waals surface area (Å²) in [5.74, 6) is -0.525. The molecule has 8 heteroatoms. The Labute approximate surface area is 167 Å². The highest BCUT2D eigenvalue weighted by molar-refractivity contribution is 7.13. The summed E-state index contributed by atoms with van der Waals surface area (Å²) >= 11 is 1.55. The van der Waals surface area contributed by atoms with Gasteiger partial charge in [-0.2, -0.15) is 5.10 Å². The molecule has 0 bridgehead atoms. The third kappa shape index (κ3) is 4.64. The Morgan fingerprint density at radius 3 is 2.39 bits per heavy atom. The van der Waals surface area contributed by atoms with E-state index in [-0.39, 0.29) is 11.7 Å².